The lowest BCUT2D eigenvalue weighted by atomic mass is 10.2. The number of nitrogens with one attached hydrogen (secondary N) is 1. The summed E-state index contributed by atoms with van der Waals surface area (Å²) in [7, 11) is 0. The van der Waals surface area contributed by atoms with Crippen LogP contribution in [0.4, 0.5) is 5.69 Å². The molecule has 1 N–H and O–H groups in total. The number of benzene rings is 2. The Morgan fingerprint density at radius 3 is 2.74 bits per heavy atom. The quantitative estimate of drug-likeness (QED) is 0.914. The second-order valence-electron chi connectivity index (χ2n) is 4.00. The first-order valence-corrected chi connectivity index (χ1v) is 6.07. The van der Waals surface area contributed by atoms with Crippen LogP contribution in [0, 0.1) is 0 Å². The summed E-state index contributed by atoms with van der Waals surface area (Å²) in [6, 6.07) is 12.1. The number of ether oxygens (including phenoxy) is 2. The molecule has 1 aliphatic heterocycles. The fourth-order valence-corrected chi connectivity index (χ4v) is 2.04. The van der Waals surface area contributed by atoms with Crippen molar-refractivity contribution in [2.45, 2.75) is 0 Å². The maximum Gasteiger partial charge on any atom is 0.257 e. The van der Waals surface area contributed by atoms with Crippen molar-refractivity contribution in [3.63, 3.8) is 0 Å². The second-order valence-corrected chi connectivity index (χ2v) is 4.41. The minimum Gasteiger partial charge on any atom is -0.454 e. The van der Waals surface area contributed by atoms with Crippen molar-refractivity contribution in [2.24, 2.45) is 0 Å². The Labute approximate surface area is 114 Å². The summed E-state index contributed by atoms with van der Waals surface area (Å²) in [6.45, 7) is 0.206. The minimum absolute atomic E-state index is 0.206. The second kappa shape index (κ2) is 4.82. The van der Waals surface area contributed by atoms with Gasteiger partial charge >= 0.3 is 0 Å². The molecule has 19 heavy (non-hydrogen) atoms. The van der Waals surface area contributed by atoms with Crippen molar-refractivity contribution in [1.82, 2.24) is 0 Å². The van der Waals surface area contributed by atoms with Crippen molar-refractivity contribution >= 4 is 23.2 Å². The average molecular weight is 276 g/mol. The largest absolute Gasteiger partial charge is 0.454 e. The molecule has 0 unspecified atom stereocenters. The summed E-state index contributed by atoms with van der Waals surface area (Å²) in [5.41, 5.74) is 1.07. The number of rotatable bonds is 2. The Morgan fingerprint density at radius 1 is 1.11 bits per heavy atom. The lowest BCUT2D eigenvalue weighted by Gasteiger charge is -2.07. The van der Waals surface area contributed by atoms with Crippen molar-refractivity contribution in [1.29, 1.82) is 0 Å². The number of carbonyl (C=O) groups excluding carboxylic acids is 1. The fourth-order valence-electron chi connectivity index (χ4n) is 1.82. The molecular formula is C14H10ClNO3. The van der Waals surface area contributed by atoms with Crippen molar-refractivity contribution in [3.8, 4) is 11.5 Å². The Balaban J connectivity index is 1.82. The van der Waals surface area contributed by atoms with E-state index in [0.29, 0.717) is 27.8 Å². The van der Waals surface area contributed by atoms with E-state index in [-0.39, 0.29) is 12.7 Å². The van der Waals surface area contributed by atoms with Gasteiger partial charge in [-0.2, -0.15) is 0 Å². The standard InChI is InChI=1S/C14H10ClNO3/c15-11-4-2-1-3-10(11)14(17)16-9-5-6-12-13(7-9)19-8-18-12/h1-7H,8H2,(H,16,17). The summed E-state index contributed by atoms with van der Waals surface area (Å²) in [6.07, 6.45) is 0. The third kappa shape index (κ3) is 2.35. The molecule has 0 saturated heterocycles. The van der Waals surface area contributed by atoms with Crippen LogP contribution in [0.5, 0.6) is 11.5 Å². The summed E-state index contributed by atoms with van der Waals surface area (Å²) in [4.78, 5) is 12.1. The SMILES string of the molecule is O=C(Nc1ccc2c(c1)OCO2)c1ccccc1Cl. The van der Waals surface area contributed by atoms with Gasteiger partial charge in [0.15, 0.2) is 11.5 Å². The van der Waals surface area contributed by atoms with E-state index in [1.807, 2.05) is 0 Å². The molecule has 5 heteroatoms. The molecule has 2 aromatic rings. The smallest absolute Gasteiger partial charge is 0.257 e. The molecule has 0 fully saturated rings. The molecule has 4 nitrogen and oxygen atoms in total. The lowest BCUT2D eigenvalue weighted by Crippen LogP contribution is -2.12. The number of halogens is 1. The molecule has 0 aliphatic carbocycles. The summed E-state index contributed by atoms with van der Waals surface area (Å²) in [5.74, 6) is 1.04. The molecule has 2 aromatic carbocycles. The highest BCUT2D eigenvalue weighted by Crippen LogP contribution is 2.34. The predicted octanol–water partition coefficient (Wildman–Crippen LogP) is 3.32. The van der Waals surface area contributed by atoms with Crippen molar-refractivity contribution in [3.05, 3.63) is 53.1 Å². The third-order valence-corrected chi connectivity index (χ3v) is 3.08. The van der Waals surface area contributed by atoms with Gasteiger partial charge in [-0.25, -0.2) is 0 Å². The first-order valence-electron chi connectivity index (χ1n) is 5.69. The Bertz CT molecular complexity index is 642. The highest BCUT2D eigenvalue weighted by Gasteiger charge is 2.15. The molecular weight excluding hydrogens is 266 g/mol. The van der Waals surface area contributed by atoms with Gasteiger partial charge in [0.05, 0.1) is 10.6 Å². The van der Waals surface area contributed by atoms with Gasteiger partial charge in [-0.05, 0) is 24.3 Å². The van der Waals surface area contributed by atoms with Gasteiger partial charge in [0.2, 0.25) is 6.79 Å². The number of carbonyl (C=O) groups is 1. The zero-order valence-corrected chi connectivity index (χ0v) is 10.6. The Hall–Kier alpha value is -2.20. The van der Waals surface area contributed by atoms with Crippen LogP contribution in [0.2, 0.25) is 5.02 Å². The summed E-state index contributed by atoms with van der Waals surface area (Å²) >= 11 is 5.97. The lowest BCUT2D eigenvalue weighted by molar-refractivity contribution is 0.102. The van der Waals surface area contributed by atoms with Gasteiger partial charge < -0.3 is 14.8 Å². The molecule has 1 aliphatic rings. The molecule has 0 atom stereocenters. The molecule has 0 saturated carbocycles. The maximum absolute atomic E-state index is 12.1. The highest BCUT2D eigenvalue weighted by atomic mass is 35.5. The third-order valence-electron chi connectivity index (χ3n) is 2.75. The van der Waals surface area contributed by atoms with Gasteiger partial charge in [-0.1, -0.05) is 23.7 Å². The van der Waals surface area contributed by atoms with Crippen molar-refractivity contribution in [2.75, 3.05) is 12.1 Å². The first kappa shape index (κ1) is 11.9. The van der Waals surface area contributed by atoms with Gasteiger partial charge in [0, 0.05) is 11.8 Å². The Kier molecular flexibility index (Phi) is 3.01. The van der Waals surface area contributed by atoms with Crippen LogP contribution in [0.15, 0.2) is 42.5 Å². The first-order chi connectivity index (χ1) is 9.24. The maximum atomic E-state index is 12.1. The zero-order valence-electron chi connectivity index (χ0n) is 9.85. The molecule has 0 radical (unpaired) electrons. The minimum atomic E-state index is -0.260. The molecule has 3 rings (SSSR count). The monoisotopic (exact) mass is 275 g/mol. The van der Waals surface area contributed by atoms with Gasteiger partial charge in [-0.3, -0.25) is 4.79 Å². The van der Waals surface area contributed by atoms with Gasteiger partial charge in [-0.15, -0.1) is 0 Å². The molecule has 1 heterocycles. The van der Waals surface area contributed by atoms with Gasteiger partial charge in [0.1, 0.15) is 0 Å². The van der Waals surface area contributed by atoms with E-state index in [2.05, 4.69) is 5.32 Å². The number of hydrogen-bond acceptors (Lipinski definition) is 3. The Morgan fingerprint density at radius 2 is 1.89 bits per heavy atom. The average Bonchev–Trinajstić information content (AvgIpc) is 2.86. The number of hydrogen-bond donors (Lipinski definition) is 1. The normalized spacial score (nSPS) is 12.3. The van der Waals surface area contributed by atoms with E-state index < -0.39 is 0 Å². The fraction of sp³-hybridized carbons (Fsp3) is 0.0714. The van der Waals surface area contributed by atoms with Crippen LogP contribution in [0.3, 0.4) is 0 Å². The summed E-state index contributed by atoms with van der Waals surface area (Å²) < 4.78 is 10.5. The summed E-state index contributed by atoms with van der Waals surface area (Å²) in [5, 5.41) is 3.19. The van der Waals surface area contributed by atoms with Crippen LogP contribution >= 0.6 is 11.6 Å². The van der Waals surface area contributed by atoms with E-state index in [1.54, 1.807) is 42.5 Å². The number of anilines is 1. The topological polar surface area (TPSA) is 47.6 Å². The van der Waals surface area contributed by atoms with Crippen LogP contribution in [0.25, 0.3) is 0 Å². The van der Waals surface area contributed by atoms with Crippen LogP contribution in [-0.2, 0) is 0 Å². The van der Waals surface area contributed by atoms with Crippen LogP contribution in [0.1, 0.15) is 10.4 Å². The molecule has 0 aromatic heterocycles. The number of amides is 1. The zero-order chi connectivity index (χ0) is 13.2. The van der Waals surface area contributed by atoms with E-state index in [1.165, 1.54) is 0 Å². The van der Waals surface area contributed by atoms with Crippen molar-refractivity contribution < 1.29 is 14.3 Å². The molecule has 0 spiro atoms. The van der Waals surface area contributed by atoms with Gasteiger partial charge in [0.25, 0.3) is 5.91 Å². The molecule has 1 amide bonds. The van der Waals surface area contributed by atoms with E-state index in [0.717, 1.165) is 0 Å². The van der Waals surface area contributed by atoms with Crippen LogP contribution < -0.4 is 14.8 Å². The molecule has 96 valence electrons. The number of fused-ring (bicyclic) bond motifs is 1. The van der Waals surface area contributed by atoms with E-state index in [9.17, 15) is 4.79 Å². The highest BCUT2D eigenvalue weighted by molar-refractivity contribution is 6.34. The predicted molar refractivity (Wildman–Crippen MR) is 72.0 cm³/mol. The van der Waals surface area contributed by atoms with Crippen LogP contribution in [-0.4, -0.2) is 12.7 Å². The van der Waals surface area contributed by atoms with E-state index >= 15 is 0 Å². The van der Waals surface area contributed by atoms with E-state index in [4.69, 9.17) is 21.1 Å². The molecule has 0 bridgehead atoms.